The van der Waals surface area contributed by atoms with Gasteiger partial charge in [0.05, 0.1) is 23.9 Å². The van der Waals surface area contributed by atoms with Crippen LogP contribution in [0.3, 0.4) is 0 Å². The number of hydrogen-bond acceptors (Lipinski definition) is 6. The van der Waals surface area contributed by atoms with Crippen LogP contribution in [0.25, 0.3) is 16.5 Å². The maximum atomic E-state index is 12.4. The predicted octanol–water partition coefficient (Wildman–Crippen LogP) is 3.47. The van der Waals surface area contributed by atoms with Gasteiger partial charge in [-0.2, -0.15) is 10.1 Å². The number of benzene rings is 1. The van der Waals surface area contributed by atoms with E-state index in [1.54, 1.807) is 16.8 Å². The first-order chi connectivity index (χ1) is 16.4. The van der Waals surface area contributed by atoms with E-state index in [1.165, 1.54) is 18.4 Å². The first kappa shape index (κ1) is 22.1. The molecule has 1 amide bonds. The Hall–Kier alpha value is -3.72. The number of hydrogen-bond donors (Lipinski definition) is 4. The summed E-state index contributed by atoms with van der Waals surface area (Å²) in [5, 5.41) is 28.7. The van der Waals surface area contributed by atoms with Crippen LogP contribution >= 0.6 is 0 Å². The molecule has 2 aromatic heterocycles. The molecule has 0 spiro atoms. The molecule has 34 heavy (non-hydrogen) atoms. The smallest absolute Gasteiger partial charge is 0.251 e. The van der Waals surface area contributed by atoms with Crippen LogP contribution in [0.15, 0.2) is 48.7 Å². The number of anilines is 2. The van der Waals surface area contributed by atoms with Gasteiger partial charge in [-0.3, -0.25) is 9.89 Å². The Morgan fingerprint density at radius 2 is 2.15 bits per heavy atom. The number of carbonyl (C=O) groups excluding carboxylic acids is 1. The summed E-state index contributed by atoms with van der Waals surface area (Å²) in [5.74, 6) is 1.42. The number of nitrogens with one attached hydrogen (secondary N) is 3. The highest BCUT2D eigenvalue weighted by molar-refractivity contribution is 5.97. The van der Waals surface area contributed by atoms with E-state index in [1.807, 2.05) is 32.3 Å². The monoisotopic (exact) mass is 459 g/mol. The SMILES string of the molecule is C=C(/C=C\C(=C/C)c1nc(Nc2ccc3[nH]ncc3c2C2CC2)n(C)n1)C(=O)NC1(CO)CC1. The van der Waals surface area contributed by atoms with Crippen molar-refractivity contribution in [2.75, 3.05) is 11.9 Å². The third-order valence-corrected chi connectivity index (χ3v) is 6.52. The molecule has 4 N–H and O–H groups in total. The number of nitrogens with zero attached hydrogens (tertiary/aromatic N) is 4. The normalized spacial score (nSPS) is 17.3. The maximum absolute atomic E-state index is 12.4. The lowest BCUT2D eigenvalue weighted by atomic mass is 10.0. The number of fused-ring (bicyclic) bond motifs is 1. The van der Waals surface area contributed by atoms with Crippen LogP contribution < -0.4 is 10.6 Å². The lowest BCUT2D eigenvalue weighted by molar-refractivity contribution is -0.118. The van der Waals surface area contributed by atoms with Crippen LogP contribution in [0.1, 0.15) is 49.9 Å². The van der Waals surface area contributed by atoms with Crippen molar-refractivity contribution in [2.24, 2.45) is 7.05 Å². The Labute approximate surface area is 197 Å². The largest absolute Gasteiger partial charge is 0.394 e. The Balaban J connectivity index is 1.33. The van der Waals surface area contributed by atoms with Gasteiger partial charge in [0, 0.05) is 29.3 Å². The molecular weight excluding hydrogens is 430 g/mol. The highest BCUT2D eigenvalue weighted by Crippen LogP contribution is 2.47. The van der Waals surface area contributed by atoms with Gasteiger partial charge in [-0.1, -0.05) is 18.7 Å². The quantitative estimate of drug-likeness (QED) is 0.287. The molecule has 2 aliphatic rings. The molecule has 176 valence electrons. The van der Waals surface area contributed by atoms with Crippen molar-refractivity contribution >= 4 is 34.0 Å². The van der Waals surface area contributed by atoms with Crippen molar-refractivity contribution in [1.82, 2.24) is 30.3 Å². The zero-order valence-electron chi connectivity index (χ0n) is 19.4. The fourth-order valence-corrected chi connectivity index (χ4v) is 4.06. The molecule has 0 atom stereocenters. The first-order valence-corrected chi connectivity index (χ1v) is 11.5. The van der Waals surface area contributed by atoms with Crippen molar-refractivity contribution < 1.29 is 9.90 Å². The number of H-pyrrole nitrogens is 1. The minimum Gasteiger partial charge on any atom is -0.394 e. The van der Waals surface area contributed by atoms with Gasteiger partial charge >= 0.3 is 0 Å². The topological polar surface area (TPSA) is 121 Å². The average molecular weight is 460 g/mol. The minimum absolute atomic E-state index is 0.0561. The number of aliphatic hydroxyl groups is 1. The van der Waals surface area contributed by atoms with Gasteiger partial charge in [0.2, 0.25) is 5.95 Å². The molecule has 2 aliphatic carbocycles. The molecule has 0 radical (unpaired) electrons. The van der Waals surface area contributed by atoms with Crippen molar-refractivity contribution in [2.45, 2.75) is 44.1 Å². The summed E-state index contributed by atoms with van der Waals surface area (Å²) in [7, 11) is 1.85. The standard InChI is InChI=1S/C25H29N7O2/c1-4-16(6-5-15(2)23(34)29-25(14-33)11-12-25)22-28-24(32(3)31-22)27-20-10-9-19-18(13-26-30-19)21(20)17-7-8-17/h4-6,9-10,13,17,33H,2,7-8,11-12,14H2,1,3H3,(H,26,30)(H,29,34)(H,27,28,31)/b6-5-,16-4+. The van der Waals surface area contributed by atoms with E-state index in [0.29, 0.717) is 23.3 Å². The van der Waals surface area contributed by atoms with Crippen LogP contribution in [-0.2, 0) is 11.8 Å². The minimum atomic E-state index is -0.473. The third-order valence-electron chi connectivity index (χ3n) is 6.52. The summed E-state index contributed by atoms with van der Waals surface area (Å²) in [6, 6.07) is 4.08. The van der Waals surface area contributed by atoms with E-state index in [2.05, 4.69) is 38.6 Å². The number of carbonyl (C=O) groups is 1. The van der Waals surface area contributed by atoms with Crippen molar-refractivity contribution in [3.63, 3.8) is 0 Å². The van der Waals surface area contributed by atoms with Gasteiger partial charge < -0.3 is 15.7 Å². The summed E-state index contributed by atoms with van der Waals surface area (Å²) in [4.78, 5) is 17.1. The molecule has 2 saturated carbocycles. The molecule has 5 rings (SSSR count). The second-order valence-electron chi connectivity index (χ2n) is 9.14. The van der Waals surface area contributed by atoms with Gasteiger partial charge in [0.25, 0.3) is 5.91 Å². The number of aromatic amines is 1. The number of allylic oxidation sites excluding steroid dienone is 3. The van der Waals surface area contributed by atoms with E-state index in [9.17, 15) is 9.90 Å². The van der Waals surface area contributed by atoms with Gasteiger partial charge in [-0.15, -0.1) is 5.10 Å². The molecule has 2 fully saturated rings. The zero-order chi connectivity index (χ0) is 23.9. The fraction of sp³-hybridized carbons (Fsp3) is 0.360. The number of amides is 1. The van der Waals surface area contributed by atoms with Gasteiger partial charge in [-0.25, -0.2) is 4.68 Å². The lowest BCUT2D eigenvalue weighted by Crippen LogP contribution is -2.39. The Morgan fingerprint density at radius 1 is 1.35 bits per heavy atom. The van der Waals surface area contributed by atoms with Crippen LogP contribution in [0.2, 0.25) is 0 Å². The second kappa shape index (κ2) is 8.57. The summed E-state index contributed by atoms with van der Waals surface area (Å²) >= 11 is 0. The molecule has 0 bridgehead atoms. The molecule has 0 saturated heterocycles. The number of rotatable bonds is 9. The summed E-state index contributed by atoms with van der Waals surface area (Å²) in [6.45, 7) is 5.70. The molecular formula is C25H29N7O2. The predicted molar refractivity (Wildman–Crippen MR) is 131 cm³/mol. The third kappa shape index (κ3) is 4.26. The van der Waals surface area contributed by atoms with Crippen molar-refractivity contribution in [1.29, 1.82) is 0 Å². The van der Waals surface area contributed by atoms with E-state index >= 15 is 0 Å². The average Bonchev–Trinajstić information content (AvgIpc) is 3.74. The van der Waals surface area contributed by atoms with Gasteiger partial charge in [0.15, 0.2) is 5.82 Å². The van der Waals surface area contributed by atoms with Crippen LogP contribution in [0.4, 0.5) is 11.6 Å². The number of aryl methyl sites for hydroxylation is 1. The zero-order valence-corrected chi connectivity index (χ0v) is 19.4. The Kier molecular flexibility index (Phi) is 5.57. The highest BCUT2D eigenvalue weighted by atomic mass is 16.3. The van der Waals surface area contributed by atoms with Crippen LogP contribution in [0, 0.1) is 0 Å². The van der Waals surface area contributed by atoms with Crippen LogP contribution in [-0.4, -0.2) is 48.1 Å². The maximum Gasteiger partial charge on any atom is 0.251 e. The van der Waals surface area contributed by atoms with Crippen molar-refractivity contribution in [3.05, 3.63) is 60.1 Å². The summed E-state index contributed by atoms with van der Waals surface area (Å²) in [5.41, 5.74) is 3.92. The first-order valence-electron chi connectivity index (χ1n) is 11.5. The second-order valence-corrected chi connectivity index (χ2v) is 9.14. The molecule has 0 unspecified atom stereocenters. The van der Waals surface area contributed by atoms with Crippen LogP contribution in [0.5, 0.6) is 0 Å². The number of aliphatic hydroxyl groups excluding tert-OH is 1. The van der Waals surface area contributed by atoms with E-state index in [4.69, 9.17) is 4.98 Å². The van der Waals surface area contributed by atoms with Gasteiger partial charge in [0.1, 0.15) is 0 Å². The van der Waals surface area contributed by atoms with E-state index in [0.717, 1.165) is 35.0 Å². The van der Waals surface area contributed by atoms with E-state index in [-0.39, 0.29) is 12.5 Å². The molecule has 0 aliphatic heterocycles. The summed E-state index contributed by atoms with van der Waals surface area (Å²) in [6.07, 6.45) is 11.1. The molecule has 1 aromatic carbocycles. The lowest BCUT2D eigenvalue weighted by Gasteiger charge is -2.14. The van der Waals surface area contributed by atoms with Gasteiger partial charge in [-0.05, 0) is 62.3 Å². The Bertz CT molecular complexity index is 1320. The van der Waals surface area contributed by atoms with Crippen molar-refractivity contribution in [3.8, 4) is 0 Å². The highest BCUT2D eigenvalue weighted by Gasteiger charge is 2.43. The molecule has 2 heterocycles. The number of aromatic nitrogens is 5. The summed E-state index contributed by atoms with van der Waals surface area (Å²) < 4.78 is 1.71. The molecule has 3 aromatic rings. The fourth-order valence-electron chi connectivity index (χ4n) is 4.06. The van der Waals surface area contributed by atoms with E-state index < -0.39 is 5.54 Å². The molecule has 9 nitrogen and oxygen atoms in total. The Morgan fingerprint density at radius 3 is 2.82 bits per heavy atom. The molecule has 9 heteroatoms.